The Kier molecular flexibility index (Phi) is 8.73. The van der Waals surface area contributed by atoms with Gasteiger partial charge in [-0.15, -0.1) is 0 Å². The Morgan fingerprint density at radius 2 is 1.13 bits per heavy atom. The van der Waals surface area contributed by atoms with Crippen molar-refractivity contribution >= 4 is 11.9 Å². The lowest BCUT2D eigenvalue weighted by Crippen LogP contribution is -2.41. The number of carbonyl (C=O) groups is 2. The van der Waals surface area contributed by atoms with Gasteiger partial charge in [0, 0.05) is 0 Å². The van der Waals surface area contributed by atoms with Crippen molar-refractivity contribution in [2.24, 2.45) is 11.5 Å². The summed E-state index contributed by atoms with van der Waals surface area (Å²) in [5.74, 6) is -0.825. The maximum absolute atomic E-state index is 11.7. The minimum Gasteiger partial charge on any atom is -0.459 e. The fourth-order valence-corrected chi connectivity index (χ4v) is 1.63. The average molecular weight is 331 g/mol. The van der Waals surface area contributed by atoms with Crippen LogP contribution in [0.2, 0.25) is 0 Å². The molecule has 0 aliphatic rings. The first kappa shape index (κ1) is 21.8. The smallest absolute Gasteiger partial charge is 0.323 e. The van der Waals surface area contributed by atoms with Crippen LogP contribution in [0.25, 0.3) is 0 Å². The molecule has 23 heavy (non-hydrogen) atoms. The molecule has 0 aliphatic heterocycles. The van der Waals surface area contributed by atoms with Crippen LogP contribution in [-0.4, -0.2) is 48.3 Å². The molecule has 0 fully saturated rings. The van der Waals surface area contributed by atoms with Gasteiger partial charge in [0.1, 0.15) is 23.3 Å². The van der Waals surface area contributed by atoms with Gasteiger partial charge in [0.2, 0.25) is 0 Å². The van der Waals surface area contributed by atoms with Crippen LogP contribution in [-0.2, 0) is 19.1 Å². The molecule has 0 bridgehead atoms. The highest BCUT2D eigenvalue weighted by molar-refractivity contribution is 5.76. The van der Waals surface area contributed by atoms with Crippen LogP contribution in [0.4, 0.5) is 0 Å². The van der Waals surface area contributed by atoms with Crippen LogP contribution in [0.5, 0.6) is 0 Å². The van der Waals surface area contributed by atoms with Crippen LogP contribution in [0, 0.1) is 0 Å². The highest BCUT2D eigenvalue weighted by Crippen LogP contribution is 2.09. The van der Waals surface area contributed by atoms with Crippen LogP contribution in [0.3, 0.4) is 0 Å². The second-order valence-electron chi connectivity index (χ2n) is 7.61. The van der Waals surface area contributed by atoms with E-state index in [1.807, 2.05) is 0 Å². The van der Waals surface area contributed by atoms with Crippen LogP contribution < -0.4 is 16.8 Å². The summed E-state index contributed by atoms with van der Waals surface area (Å²) in [5.41, 5.74) is 10.5. The van der Waals surface area contributed by atoms with Gasteiger partial charge in [-0.1, -0.05) is 0 Å². The molecule has 0 radical (unpaired) electrons. The van der Waals surface area contributed by atoms with Gasteiger partial charge < -0.3 is 26.3 Å². The van der Waals surface area contributed by atoms with E-state index in [1.165, 1.54) is 0 Å². The number of ether oxygens (including phenoxy) is 2. The number of nitrogens with two attached hydrogens (primary N) is 2. The Morgan fingerprint density at radius 1 is 0.826 bits per heavy atom. The zero-order valence-electron chi connectivity index (χ0n) is 15.3. The van der Waals surface area contributed by atoms with E-state index < -0.39 is 35.2 Å². The molecule has 0 saturated carbocycles. The van der Waals surface area contributed by atoms with Crippen molar-refractivity contribution in [3.63, 3.8) is 0 Å². The van der Waals surface area contributed by atoms with Gasteiger partial charge in [0.25, 0.3) is 0 Å². The van der Waals surface area contributed by atoms with Crippen molar-refractivity contribution in [2.45, 2.75) is 77.7 Å². The Hall–Kier alpha value is -1.18. The van der Waals surface area contributed by atoms with Crippen LogP contribution in [0.15, 0.2) is 0 Å². The average Bonchev–Trinajstić information content (AvgIpc) is 2.33. The number of nitrogens with one attached hydrogen (secondary N) is 1. The molecule has 2 atom stereocenters. The molecular formula is C16H33N3O4. The van der Waals surface area contributed by atoms with Gasteiger partial charge in [-0.25, -0.2) is 0 Å². The molecule has 2 unspecified atom stereocenters. The second kappa shape index (κ2) is 9.20. The van der Waals surface area contributed by atoms with Crippen molar-refractivity contribution < 1.29 is 19.1 Å². The zero-order valence-corrected chi connectivity index (χ0v) is 15.3. The Bertz CT molecular complexity index is 350. The van der Waals surface area contributed by atoms with Crippen LogP contribution in [0.1, 0.15) is 54.4 Å². The molecule has 136 valence electrons. The maximum Gasteiger partial charge on any atom is 0.323 e. The van der Waals surface area contributed by atoms with Crippen molar-refractivity contribution in [2.75, 3.05) is 13.1 Å². The van der Waals surface area contributed by atoms with Gasteiger partial charge in [-0.3, -0.25) is 9.59 Å². The second-order valence-corrected chi connectivity index (χ2v) is 7.61. The fraction of sp³-hybridized carbons (Fsp3) is 0.875. The number of carbonyl (C=O) groups excluding carboxylic acids is 2. The number of hydrogen-bond acceptors (Lipinski definition) is 7. The first-order valence-electron chi connectivity index (χ1n) is 7.99. The minimum atomic E-state index is -0.666. The quantitative estimate of drug-likeness (QED) is 0.442. The Labute approximate surface area is 139 Å². The summed E-state index contributed by atoms with van der Waals surface area (Å²) in [5, 5.41) is 3.11. The minimum absolute atomic E-state index is 0.412. The molecule has 0 aromatic carbocycles. The highest BCUT2D eigenvalue weighted by Gasteiger charge is 2.23. The largest absolute Gasteiger partial charge is 0.459 e. The third-order valence-corrected chi connectivity index (χ3v) is 2.68. The predicted molar refractivity (Wildman–Crippen MR) is 89.7 cm³/mol. The Balaban J connectivity index is 3.88. The molecule has 7 nitrogen and oxygen atoms in total. The lowest BCUT2D eigenvalue weighted by atomic mass is 10.1. The highest BCUT2D eigenvalue weighted by atomic mass is 16.6. The van der Waals surface area contributed by atoms with E-state index in [0.29, 0.717) is 25.9 Å². The number of hydrogen-bond donors (Lipinski definition) is 3. The zero-order chi connectivity index (χ0) is 18.3. The standard InChI is InChI=1S/C16H33N3O4/c1-15(2,3)22-13(20)11(17)7-9-19-10-8-12(18)14(21)23-16(4,5)6/h11-12,19H,7-10,17-18H2,1-6H3. The number of esters is 2. The van der Waals surface area contributed by atoms with E-state index in [0.717, 1.165) is 0 Å². The van der Waals surface area contributed by atoms with E-state index in [4.69, 9.17) is 20.9 Å². The molecule has 0 aromatic rings. The van der Waals surface area contributed by atoms with Gasteiger partial charge in [0.05, 0.1) is 0 Å². The molecule has 0 amide bonds. The molecule has 0 rings (SSSR count). The van der Waals surface area contributed by atoms with Gasteiger partial charge in [0.15, 0.2) is 0 Å². The van der Waals surface area contributed by atoms with Crippen LogP contribution >= 0.6 is 0 Å². The summed E-state index contributed by atoms with van der Waals surface area (Å²) in [6.45, 7) is 11.9. The monoisotopic (exact) mass is 331 g/mol. The number of rotatable bonds is 8. The summed E-state index contributed by atoms with van der Waals surface area (Å²) in [6, 6.07) is -1.33. The van der Waals surface area contributed by atoms with Crippen molar-refractivity contribution in [3.8, 4) is 0 Å². The third kappa shape index (κ3) is 12.0. The van der Waals surface area contributed by atoms with Crippen molar-refractivity contribution in [1.82, 2.24) is 5.32 Å². The van der Waals surface area contributed by atoms with E-state index in [9.17, 15) is 9.59 Å². The maximum atomic E-state index is 11.7. The summed E-state index contributed by atoms with van der Waals surface area (Å²) < 4.78 is 10.4. The van der Waals surface area contributed by atoms with Gasteiger partial charge in [-0.2, -0.15) is 0 Å². The molecule has 0 heterocycles. The summed E-state index contributed by atoms with van der Waals surface area (Å²) >= 11 is 0. The summed E-state index contributed by atoms with van der Waals surface area (Å²) in [6.07, 6.45) is 0.910. The molecular weight excluding hydrogens is 298 g/mol. The normalized spacial score (nSPS) is 15.0. The molecule has 5 N–H and O–H groups in total. The molecule has 0 spiro atoms. The molecule has 0 aliphatic carbocycles. The first-order valence-corrected chi connectivity index (χ1v) is 7.99. The van der Waals surface area contributed by atoms with Crippen molar-refractivity contribution in [1.29, 1.82) is 0 Å². The fourth-order valence-electron chi connectivity index (χ4n) is 1.63. The van der Waals surface area contributed by atoms with E-state index in [1.54, 1.807) is 41.5 Å². The summed E-state index contributed by atoms with van der Waals surface area (Å²) in [7, 11) is 0. The topological polar surface area (TPSA) is 117 Å². The molecule has 0 saturated heterocycles. The van der Waals surface area contributed by atoms with E-state index in [2.05, 4.69) is 5.32 Å². The first-order chi connectivity index (χ1) is 10.3. The molecule has 0 aromatic heterocycles. The lowest BCUT2D eigenvalue weighted by Gasteiger charge is -2.22. The van der Waals surface area contributed by atoms with E-state index >= 15 is 0 Å². The third-order valence-electron chi connectivity index (χ3n) is 2.68. The van der Waals surface area contributed by atoms with Crippen molar-refractivity contribution in [3.05, 3.63) is 0 Å². The van der Waals surface area contributed by atoms with Gasteiger partial charge >= 0.3 is 11.9 Å². The van der Waals surface area contributed by atoms with E-state index in [-0.39, 0.29) is 0 Å². The predicted octanol–water partition coefficient (Wildman–Crippen LogP) is 0.694. The Morgan fingerprint density at radius 3 is 1.39 bits per heavy atom. The SMILES string of the molecule is CC(C)(C)OC(=O)C(N)CCNCCC(N)C(=O)OC(C)(C)C. The molecule has 7 heteroatoms. The van der Waals surface area contributed by atoms with Gasteiger partial charge in [-0.05, 0) is 67.5 Å². The lowest BCUT2D eigenvalue weighted by molar-refractivity contribution is -0.157. The summed E-state index contributed by atoms with van der Waals surface area (Å²) in [4.78, 5) is 23.4.